The molecule has 0 saturated heterocycles. The van der Waals surface area contributed by atoms with Crippen LogP contribution < -0.4 is 0 Å². The minimum absolute atomic E-state index is 0.681. The van der Waals surface area contributed by atoms with E-state index >= 15 is 0 Å². The van der Waals surface area contributed by atoms with Gasteiger partial charge in [0.05, 0.1) is 0 Å². The summed E-state index contributed by atoms with van der Waals surface area (Å²) >= 11 is -7.41. The van der Waals surface area contributed by atoms with E-state index < -0.39 is 36.3 Å². The van der Waals surface area contributed by atoms with Gasteiger partial charge in [-0.15, -0.1) is 0 Å². The molecule has 0 heterocycles. The topological polar surface area (TPSA) is 73.8 Å². The van der Waals surface area contributed by atoms with Crippen molar-refractivity contribution in [2.45, 2.75) is 518 Å². The van der Waals surface area contributed by atoms with E-state index in [1.807, 2.05) is 0 Å². The van der Waals surface area contributed by atoms with Crippen LogP contribution >= 0.6 is 0 Å². The van der Waals surface area contributed by atoms with Crippen molar-refractivity contribution < 1.29 is 62.8 Å². The fraction of sp³-hybridized carbons (Fsp3) is 1.00. The summed E-state index contributed by atoms with van der Waals surface area (Å²) in [4.78, 5) is 0. The maximum absolute atomic E-state index is 6.86. The molecule has 0 spiro atoms. The molecule has 0 aromatic rings. The number of hydrogen-bond acceptors (Lipinski definition) is 8. The van der Waals surface area contributed by atoms with Crippen LogP contribution in [0.15, 0.2) is 0 Å². The number of hydrogen-bond donors (Lipinski definition) is 0. The van der Waals surface area contributed by atoms with Crippen molar-refractivity contribution in [2.75, 3.05) is 52.9 Å². The minimum atomic E-state index is -3.89. The van der Waals surface area contributed by atoms with E-state index in [9.17, 15) is 0 Å². The Morgan fingerprint density at radius 2 is 0.184 bits per heavy atom. The van der Waals surface area contributed by atoms with Crippen LogP contribution in [-0.2, 0) is 62.8 Å². The fourth-order valence-electron chi connectivity index (χ4n) is 13.3. The maximum atomic E-state index is 6.86. The molecular formula is C88H184O8Ti2. The predicted octanol–water partition coefficient (Wildman–Crippen LogP) is 32.0. The van der Waals surface area contributed by atoms with Crippen LogP contribution in [0.5, 0.6) is 0 Å². The summed E-state index contributed by atoms with van der Waals surface area (Å²) in [6, 6.07) is 0. The summed E-state index contributed by atoms with van der Waals surface area (Å²) in [5.74, 6) is 0. The predicted molar refractivity (Wildman–Crippen MR) is 425 cm³/mol. The third-order valence-electron chi connectivity index (χ3n) is 20.2. The van der Waals surface area contributed by atoms with Crippen LogP contribution in [0.4, 0.5) is 0 Å². The standard InChI is InChI=1S/4C18H37O.4C4H9O.2Ti/c4*1-2-3-4-5-6-7-8-9-10-11-12-13-14-15-16-17-18-19;4*1-2-3-4-5;;/h4*2-18H2,1H3;4*2-4H2,1H3;;/q8*-1;2*+4. The van der Waals surface area contributed by atoms with Crippen LogP contribution in [0, 0.1) is 0 Å². The molecule has 0 bridgehead atoms. The van der Waals surface area contributed by atoms with Gasteiger partial charge in [0.15, 0.2) is 0 Å². The summed E-state index contributed by atoms with van der Waals surface area (Å²) in [7, 11) is 0. The van der Waals surface area contributed by atoms with Crippen molar-refractivity contribution >= 4 is 0 Å². The summed E-state index contributed by atoms with van der Waals surface area (Å²) in [6.45, 7) is 23.5. The second kappa shape index (κ2) is 90.5. The van der Waals surface area contributed by atoms with Gasteiger partial charge in [-0.25, -0.2) is 0 Å². The normalized spacial score (nSPS) is 12.0. The molecular weight excluding hydrogens is 1280 g/mol. The van der Waals surface area contributed by atoms with Crippen LogP contribution in [-0.4, -0.2) is 52.9 Å². The van der Waals surface area contributed by atoms with Gasteiger partial charge in [-0.3, -0.25) is 0 Å². The average Bonchev–Trinajstić information content (AvgIpc) is 0.961. The van der Waals surface area contributed by atoms with Gasteiger partial charge < -0.3 is 0 Å². The Labute approximate surface area is 628 Å². The summed E-state index contributed by atoms with van der Waals surface area (Å²) in [6.07, 6.45) is 97.3. The zero-order chi connectivity index (χ0) is 71.2. The SMILES string of the molecule is CCCCCCCCCCCCCCCCCC[O][Ti]([O]CCCCCCCCCCCCCCCCCC)([O]CCCCCCCCCCCCCCCCCC)[O]CCCCCCCCCCCCCCCCCC.CCCC[O][Ti]([O]CCCC)([O]CCCC)[O]CCCC. The van der Waals surface area contributed by atoms with E-state index in [0.29, 0.717) is 26.4 Å². The zero-order valence-corrected chi connectivity index (χ0v) is 72.0. The van der Waals surface area contributed by atoms with E-state index in [0.717, 1.165) is 103 Å². The Morgan fingerprint density at radius 1 is 0.102 bits per heavy atom. The third kappa shape index (κ3) is 81.2. The first-order valence-corrected chi connectivity index (χ1v) is 50.7. The van der Waals surface area contributed by atoms with Crippen molar-refractivity contribution in [1.29, 1.82) is 0 Å². The third-order valence-corrected chi connectivity index (χ3v) is 27.2. The summed E-state index contributed by atoms with van der Waals surface area (Å²) in [5.41, 5.74) is 0. The van der Waals surface area contributed by atoms with Crippen molar-refractivity contribution in [2.24, 2.45) is 0 Å². The molecule has 0 aromatic carbocycles. The molecule has 0 aliphatic heterocycles. The molecule has 10 heteroatoms. The Bertz CT molecular complexity index is 1180. The molecule has 0 amide bonds. The Kier molecular flexibility index (Phi) is 93.4. The Balaban J connectivity index is 0. The molecule has 0 saturated carbocycles. The molecule has 0 rings (SSSR count). The summed E-state index contributed by atoms with van der Waals surface area (Å²) < 4.78 is 51.5. The Morgan fingerprint density at radius 3 is 0.286 bits per heavy atom. The quantitative estimate of drug-likeness (QED) is 0.0441. The van der Waals surface area contributed by atoms with Crippen molar-refractivity contribution in [3.63, 3.8) is 0 Å². The van der Waals surface area contributed by atoms with E-state index in [-0.39, 0.29) is 0 Å². The molecule has 0 fully saturated rings. The molecule has 98 heavy (non-hydrogen) atoms. The van der Waals surface area contributed by atoms with Gasteiger partial charge in [-0.05, 0) is 0 Å². The van der Waals surface area contributed by atoms with Crippen molar-refractivity contribution in [3.05, 3.63) is 0 Å². The van der Waals surface area contributed by atoms with E-state index in [4.69, 9.17) is 26.5 Å². The fourth-order valence-corrected chi connectivity index (χ4v) is 19.7. The van der Waals surface area contributed by atoms with E-state index in [1.54, 1.807) is 0 Å². The van der Waals surface area contributed by atoms with Gasteiger partial charge in [0.1, 0.15) is 0 Å². The van der Waals surface area contributed by atoms with Crippen LogP contribution in [0.3, 0.4) is 0 Å². The van der Waals surface area contributed by atoms with Gasteiger partial charge in [0, 0.05) is 0 Å². The first-order chi connectivity index (χ1) is 48.5. The second-order valence-corrected chi connectivity index (χ2v) is 37.1. The molecule has 0 aliphatic carbocycles. The molecule has 0 aliphatic rings. The first-order valence-electron chi connectivity index (χ1n) is 45.6. The Hall–Kier alpha value is 1.11. The van der Waals surface area contributed by atoms with E-state index in [2.05, 4.69) is 55.4 Å². The van der Waals surface area contributed by atoms with Crippen LogP contribution in [0.1, 0.15) is 518 Å². The van der Waals surface area contributed by atoms with Crippen molar-refractivity contribution in [1.82, 2.24) is 0 Å². The molecule has 0 aromatic heterocycles. The molecule has 8 nitrogen and oxygen atoms in total. The first kappa shape index (κ1) is 101. The average molecular weight is 1470 g/mol. The van der Waals surface area contributed by atoms with E-state index in [1.165, 1.54) is 385 Å². The molecule has 592 valence electrons. The number of unbranched alkanes of at least 4 members (excludes halogenated alkanes) is 64. The monoisotopic (exact) mass is 1470 g/mol. The van der Waals surface area contributed by atoms with Gasteiger partial charge in [0.2, 0.25) is 0 Å². The molecule has 0 radical (unpaired) electrons. The number of rotatable bonds is 88. The van der Waals surface area contributed by atoms with Crippen molar-refractivity contribution in [3.8, 4) is 0 Å². The van der Waals surface area contributed by atoms with Crippen LogP contribution in [0.2, 0.25) is 0 Å². The van der Waals surface area contributed by atoms with Gasteiger partial charge in [-0.1, -0.05) is 182 Å². The van der Waals surface area contributed by atoms with Gasteiger partial charge in [0.25, 0.3) is 0 Å². The zero-order valence-electron chi connectivity index (χ0n) is 68.8. The summed E-state index contributed by atoms with van der Waals surface area (Å²) in [5, 5.41) is 0. The molecule has 0 N–H and O–H groups in total. The second-order valence-electron chi connectivity index (χ2n) is 30.4. The van der Waals surface area contributed by atoms with Gasteiger partial charge >= 0.3 is 452 Å². The van der Waals surface area contributed by atoms with Gasteiger partial charge in [-0.2, -0.15) is 0 Å². The molecule has 0 unspecified atom stereocenters. The van der Waals surface area contributed by atoms with Crippen LogP contribution in [0.25, 0.3) is 0 Å². The molecule has 0 atom stereocenters.